The molecule has 0 atom stereocenters. The van der Waals surface area contributed by atoms with Crippen LogP contribution in [0.2, 0.25) is 0 Å². The summed E-state index contributed by atoms with van der Waals surface area (Å²) in [5, 5.41) is 4.33. The van der Waals surface area contributed by atoms with Gasteiger partial charge in [-0.05, 0) is 97.1 Å². The number of hydrogen-bond acceptors (Lipinski definition) is 6. The first-order valence-corrected chi connectivity index (χ1v) is 16.0. The van der Waals surface area contributed by atoms with Gasteiger partial charge in [-0.25, -0.2) is 19.6 Å². The Balaban J connectivity index is 1.34. The third-order valence-corrected chi connectivity index (χ3v) is 8.09. The molecule has 6 rings (SSSR count). The predicted octanol–water partition coefficient (Wildman–Crippen LogP) is 9.77. The molecule has 0 aliphatic heterocycles. The first-order valence-electron chi connectivity index (χ1n) is 16.0. The van der Waals surface area contributed by atoms with E-state index in [-0.39, 0.29) is 10.8 Å². The molecule has 7 heteroatoms. The van der Waals surface area contributed by atoms with Gasteiger partial charge in [0.2, 0.25) is 0 Å². The van der Waals surface area contributed by atoms with E-state index >= 15 is 0 Å². The van der Waals surface area contributed by atoms with E-state index in [4.69, 9.17) is 24.7 Å². The second-order valence-electron chi connectivity index (χ2n) is 14.3. The molecule has 3 heterocycles. The summed E-state index contributed by atoms with van der Waals surface area (Å²) < 4.78 is 8.10. The van der Waals surface area contributed by atoms with Crippen LogP contribution in [-0.2, 0) is 10.8 Å². The Kier molecular flexibility index (Phi) is 8.26. The predicted molar refractivity (Wildman–Crippen MR) is 189 cm³/mol. The maximum Gasteiger partial charge on any atom is 0.163 e. The minimum absolute atomic E-state index is 0.196. The zero-order valence-corrected chi connectivity index (χ0v) is 28.8. The van der Waals surface area contributed by atoms with Crippen molar-refractivity contribution in [1.82, 2.24) is 29.7 Å². The van der Waals surface area contributed by atoms with Gasteiger partial charge in [-0.2, -0.15) is 5.10 Å². The highest BCUT2D eigenvalue weighted by molar-refractivity contribution is 5.80. The van der Waals surface area contributed by atoms with Crippen LogP contribution in [0.25, 0.3) is 39.5 Å². The van der Waals surface area contributed by atoms with E-state index in [1.165, 1.54) is 5.56 Å². The molecule has 0 N–H and O–H groups in total. The second-order valence-corrected chi connectivity index (χ2v) is 14.3. The molecule has 3 aromatic carbocycles. The highest BCUT2D eigenvalue weighted by atomic mass is 16.5. The van der Waals surface area contributed by atoms with Crippen LogP contribution in [0.5, 0.6) is 11.5 Å². The Morgan fingerprint density at radius 2 is 1.28 bits per heavy atom. The molecule has 0 aliphatic rings. The summed E-state index contributed by atoms with van der Waals surface area (Å²) in [5.74, 6) is 3.80. The van der Waals surface area contributed by atoms with E-state index in [2.05, 4.69) is 91.7 Å². The van der Waals surface area contributed by atoms with Crippen molar-refractivity contribution in [3.8, 4) is 51.0 Å². The van der Waals surface area contributed by atoms with Crippen molar-refractivity contribution in [3.05, 3.63) is 120 Å². The van der Waals surface area contributed by atoms with Crippen LogP contribution in [0, 0.1) is 20.8 Å². The van der Waals surface area contributed by atoms with Crippen molar-refractivity contribution in [2.75, 3.05) is 0 Å². The van der Waals surface area contributed by atoms with Crippen molar-refractivity contribution < 1.29 is 4.74 Å². The van der Waals surface area contributed by atoms with Gasteiger partial charge in [-0.1, -0.05) is 59.7 Å². The molecule has 0 amide bonds. The molecule has 6 aromatic rings. The van der Waals surface area contributed by atoms with Crippen molar-refractivity contribution in [1.29, 1.82) is 0 Å². The van der Waals surface area contributed by atoms with Gasteiger partial charge in [0.05, 0.1) is 11.4 Å². The molecule has 0 saturated carbocycles. The van der Waals surface area contributed by atoms with Crippen LogP contribution in [0.15, 0.2) is 91.4 Å². The van der Waals surface area contributed by atoms with E-state index in [1.807, 2.05) is 65.6 Å². The maximum atomic E-state index is 6.28. The van der Waals surface area contributed by atoms with Gasteiger partial charge in [0, 0.05) is 46.6 Å². The summed E-state index contributed by atoms with van der Waals surface area (Å²) in [7, 11) is 0. The average molecular weight is 623 g/mol. The lowest BCUT2D eigenvalue weighted by molar-refractivity contribution is 0.482. The van der Waals surface area contributed by atoms with Crippen LogP contribution >= 0.6 is 0 Å². The molecule has 0 unspecified atom stereocenters. The normalized spacial score (nSPS) is 11.9. The minimum Gasteiger partial charge on any atom is -0.457 e. The summed E-state index contributed by atoms with van der Waals surface area (Å²) in [6.07, 6.45) is 5.63. The fraction of sp³-hybridized carbons (Fsp3) is 0.275. The largest absolute Gasteiger partial charge is 0.457 e. The summed E-state index contributed by atoms with van der Waals surface area (Å²) in [4.78, 5) is 19.6. The van der Waals surface area contributed by atoms with Gasteiger partial charge in [0.15, 0.2) is 5.82 Å². The summed E-state index contributed by atoms with van der Waals surface area (Å²) in [6.45, 7) is 19.3. The molecular weight excluding hydrogens is 580 g/mol. The summed E-state index contributed by atoms with van der Waals surface area (Å²) in [5.41, 5.74) is 9.17. The van der Waals surface area contributed by atoms with Gasteiger partial charge in [0.25, 0.3) is 0 Å². The Labute approximate surface area is 277 Å². The van der Waals surface area contributed by atoms with Crippen molar-refractivity contribution in [2.45, 2.75) is 73.1 Å². The van der Waals surface area contributed by atoms with Crippen LogP contribution in [0.4, 0.5) is 0 Å². The van der Waals surface area contributed by atoms with Gasteiger partial charge in [0.1, 0.15) is 23.1 Å². The molecule has 238 valence electrons. The molecule has 0 bridgehead atoms. The Hall–Kier alpha value is -5.17. The smallest absolute Gasteiger partial charge is 0.163 e. The molecule has 7 nitrogen and oxygen atoms in total. The maximum absolute atomic E-state index is 6.28. The zero-order valence-electron chi connectivity index (χ0n) is 28.8. The number of rotatable bonds is 6. The lowest BCUT2D eigenvalue weighted by Gasteiger charge is -2.23. The number of pyridine rings is 1. The van der Waals surface area contributed by atoms with E-state index in [0.717, 1.165) is 67.9 Å². The SMILES string of the molecule is Cc1cnc(-c2cccc(Oc3cccc(-n4cccn4)c3)c2)cc1-c1c(C)cc(-c2nc(C(C)(C)C)nc(C(C)(C)C)n2)cc1C. The molecule has 3 aromatic heterocycles. The Bertz CT molecular complexity index is 2010. The van der Waals surface area contributed by atoms with Gasteiger partial charge >= 0.3 is 0 Å². The topological polar surface area (TPSA) is 78.6 Å². The fourth-order valence-electron chi connectivity index (χ4n) is 5.61. The number of hydrogen-bond donors (Lipinski definition) is 0. The fourth-order valence-corrected chi connectivity index (χ4v) is 5.61. The first kappa shape index (κ1) is 31.8. The molecule has 47 heavy (non-hydrogen) atoms. The highest BCUT2D eigenvalue weighted by Crippen LogP contribution is 2.36. The molecule has 0 fully saturated rings. The van der Waals surface area contributed by atoms with E-state index in [9.17, 15) is 0 Å². The Morgan fingerprint density at radius 3 is 1.89 bits per heavy atom. The summed E-state index contributed by atoms with van der Waals surface area (Å²) >= 11 is 0. The average Bonchev–Trinajstić information content (AvgIpc) is 3.56. The lowest BCUT2D eigenvalue weighted by Crippen LogP contribution is -2.24. The molecule has 0 spiro atoms. The number of benzene rings is 3. The molecular formula is C40H42N6O. The lowest BCUT2D eigenvalue weighted by atomic mass is 9.90. The van der Waals surface area contributed by atoms with Crippen molar-refractivity contribution in [2.24, 2.45) is 0 Å². The van der Waals surface area contributed by atoms with Crippen molar-refractivity contribution >= 4 is 0 Å². The van der Waals surface area contributed by atoms with Crippen molar-refractivity contribution in [3.63, 3.8) is 0 Å². The molecule has 0 radical (unpaired) electrons. The van der Waals surface area contributed by atoms with Crippen LogP contribution in [0.3, 0.4) is 0 Å². The van der Waals surface area contributed by atoms with Crippen LogP contribution in [0.1, 0.15) is 69.9 Å². The van der Waals surface area contributed by atoms with Gasteiger partial charge in [-0.15, -0.1) is 0 Å². The monoisotopic (exact) mass is 622 g/mol. The van der Waals surface area contributed by atoms with Crippen LogP contribution in [-0.4, -0.2) is 29.7 Å². The Morgan fingerprint density at radius 1 is 0.638 bits per heavy atom. The van der Waals surface area contributed by atoms with E-state index in [1.54, 1.807) is 6.20 Å². The number of ether oxygens (including phenoxy) is 1. The van der Waals surface area contributed by atoms with Crippen LogP contribution < -0.4 is 4.74 Å². The van der Waals surface area contributed by atoms with E-state index in [0.29, 0.717) is 5.82 Å². The summed E-state index contributed by atoms with van der Waals surface area (Å²) in [6, 6.07) is 24.4. The molecule has 0 aliphatic carbocycles. The number of aromatic nitrogens is 6. The van der Waals surface area contributed by atoms with E-state index < -0.39 is 0 Å². The van der Waals surface area contributed by atoms with Gasteiger partial charge in [-0.3, -0.25) is 4.98 Å². The van der Waals surface area contributed by atoms with Gasteiger partial charge < -0.3 is 4.74 Å². The quantitative estimate of drug-likeness (QED) is 0.184. The zero-order chi connectivity index (χ0) is 33.5. The third-order valence-electron chi connectivity index (χ3n) is 8.09. The standard InChI is InChI=1S/C40H42N6O/c1-25-19-29(36-43-37(39(4,5)6)45-38(44-36)40(7,8)9)20-26(2)35(25)33-23-34(41-24-27(33)3)28-13-10-15-31(21-28)47-32-16-11-14-30(22-32)46-18-12-17-42-46/h10-24H,1-9H3. The number of aryl methyl sites for hydroxylation is 3. The minimum atomic E-state index is -0.196. The third kappa shape index (κ3) is 6.85. The number of nitrogens with zero attached hydrogens (tertiary/aromatic N) is 6. The first-order chi connectivity index (χ1) is 22.3. The highest BCUT2D eigenvalue weighted by Gasteiger charge is 2.26. The second kappa shape index (κ2) is 12.2. The molecule has 0 saturated heterocycles.